The van der Waals surface area contributed by atoms with Crippen LogP contribution in [0.15, 0.2) is 35.4 Å². The van der Waals surface area contributed by atoms with Crippen LogP contribution >= 0.6 is 0 Å². The molecule has 1 aromatic rings. The highest BCUT2D eigenvalue weighted by Crippen LogP contribution is 2.24. The molecule has 0 bridgehead atoms. The van der Waals surface area contributed by atoms with Gasteiger partial charge in [-0.3, -0.25) is 0 Å². The van der Waals surface area contributed by atoms with Crippen LogP contribution in [-0.4, -0.2) is 24.3 Å². The van der Waals surface area contributed by atoms with Crippen molar-refractivity contribution < 1.29 is 9.53 Å². The summed E-state index contributed by atoms with van der Waals surface area (Å²) in [6.45, 7) is 2.05. The number of para-hydroxylation sites is 1. The quantitative estimate of drug-likeness (QED) is 0.758. The molecule has 0 aliphatic carbocycles. The average molecular weight is 243 g/mol. The van der Waals surface area contributed by atoms with Crippen molar-refractivity contribution in [2.45, 2.75) is 19.4 Å². The first-order valence-electron chi connectivity index (χ1n) is 5.74. The molecule has 0 N–H and O–H groups in total. The number of carbonyl (C=O) groups excluding carboxylic acids is 1. The molecule has 0 aromatic heterocycles. The number of nitriles is 1. The largest absolute Gasteiger partial charge is 0.461 e. The molecule has 5 nitrogen and oxygen atoms in total. The van der Waals surface area contributed by atoms with E-state index in [2.05, 4.69) is 11.2 Å². The fraction of sp³-hybridized carbons (Fsp3) is 0.308. The summed E-state index contributed by atoms with van der Waals surface area (Å²) in [5, 5.41) is 14.9. The highest BCUT2D eigenvalue weighted by molar-refractivity contribution is 6.37. The Morgan fingerprint density at radius 3 is 2.89 bits per heavy atom. The average Bonchev–Trinajstić information content (AvgIpc) is 2.84. The van der Waals surface area contributed by atoms with Gasteiger partial charge in [0.25, 0.3) is 0 Å². The van der Waals surface area contributed by atoms with E-state index in [0.717, 1.165) is 5.69 Å². The smallest absolute Gasteiger partial charge is 0.354 e. The Hall–Kier alpha value is -2.35. The Morgan fingerprint density at radius 2 is 2.28 bits per heavy atom. The van der Waals surface area contributed by atoms with Gasteiger partial charge in [0.15, 0.2) is 0 Å². The lowest BCUT2D eigenvalue weighted by molar-refractivity contribution is -0.135. The van der Waals surface area contributed by atoms with Crippen LogP contribution in [-0.2, 0) is 9.53 Å². The number of anilines is 1. The minimum atomic E-state index is -0.452. The summed E-state index contributed by atoms with van der Waals surface area (Å²) < 4.78 is 4.90. The zero-order valence-electron chi connectivity index (χ0n) is 10.0. The Labute approximate surface area is 105 Å². The summed E-state index contributed by atoms with van der Waals surface area (Å²) in [6, 6.07) is 11.0. The van der Waals surface area contributed by atoms with E-state index in [1.165, 1.54) is 0 Å². The first-order valence-corrected chi connectivity index (χ1v) is 5.74. The van der Waals surface area contributed by atoms with E-state index in [4.69, 9.17) is 10.00 Å². The van der Waals surface area contributed by atoms with Crippen molar-refractivity contribution in [1.29, 1.82) is 5.26 Å². The molecular weight excluding hydrogens is 230 g/mol. The van der Waals surface area contributed by atoms with Crippen molar-refractivity contribution in [3.05, 3.63) is 30.3 Å². The van der Waals surface area contributed by atoms with Gasteiger partial charge in [-0.05, 0) is 19.1 Å². The Kier molecular flexibility index (Phi) is 3.58. The van der Waals surface area contributed by atoms with E-state index in [0.29, 0.717) is 18.7 Å². The number of benzene rings is 1. The SMILES string of the molecule is CCOC(=O)C1=NN(c2ccccc2)[C@@H](C#N)C1. The predicted octanol–water partition coefficient (Wildman–Crippen LogP) is 1.71. The van der Waals surface area contributed by atoms with E-state index in [-0.39, 0.29) is 0 Å². The van der Waals surface area contributed by atoms with Crippen LogP contribution in [0.1, 0.15) is 13.3 Å². The lowest BCUT2D eigenvalue weighted by Crippen LogP contribution is -2.24. The molecule has 0 fully saturated rings. The number of ether oxygens (including phenoxy) is 1. The molecule has 1 atom stereocenters. The zero-order chi connectivity index (χ0) is 13.0. The Bertz CT molecular complexity index is 505. The molecule has 0 saturated carbocycles. The molecule has 0 saturated heterocycles. The first kappa shape index (κ1) is 12.1. The normalized spacial score (nSPS) is 18.1. The standard InChI is InChI=1S/C13H13N3O2/c1-2-18-13(17)12-8-11(9-14)16(15-12)10-6-4-3-5-7-10/h3-7,11H,2,8H2,1H3/t11-/m1/s1. The second-order valence-corrected chi connectivity index (χ2v) is 3.80. The molecule has 2 rings (SSSR count). The Balaban J connectivity index is 2.24. The number of carbonyl (C=O) groups is 1. The summed E-state index contributed by atoms with van der Waals surface area (Å²) >= 11 is 0. The van der Waals surface area contributed by atoms with E-state index in [9.17, 15) is 4.79 Å². The van der Waals surface area contributed by atoms with Gasteiger partial charge in [0, 0.05) is 6.42 Å². The highest BCUT2D eigenvalue weighted by Gasteiger charge is 2.31. The van der Waals surface area contributed by atoms with Gasteiger partial charge in [0.1, 0.15) is 11.8 Å². The fourth-order valence-corrected chi connectivity index (χ4v) is 1.77. The maximum Gasteiger partial charge on any atom is 0.354 e. The van der Waals surface area contributed by atoms with Crippen molar-refractivity contribution in [2.75, 3.05) is 11.6 Å². The number of hydrazone groups is 1. The molecule has 1 aliphatic rings. The zero-order valence-corrected chi connectivity index (χ0v) is 10.0. The second-order valence-electron chi connectivity index (χ2n) is 3.80. The topological polar surface area (TPSA) is 65.7 Å². The van der Waals surface area contributed by atoms with Crippen molar-refractivity contribution in [3.8, 4) is 6.07 Å². The van der Waals surface area contributed by atoms with Crippen LogP contribution in [0.3, 0.4) is 0 Å². The van der Waals surface area contributed by atoms with Gasteiger partial charge in [0.2, 0.25) is 0 Å². The number of esters is 1. The first-order chi connectivity index (χ1) is 8.76. The molecule has 0 amide bonds. The molecule has 1 heterocycles. The van der Waals surface area contributed by atoms with Gasteiger partial charge in [-0.2, -0.15) is 10.4 Å². The van der Waals surface area contributed by atoms with E-state index in [1.807, 2.05) is 30.3 Å². The van der Waals surface area contributed by atoms with Crippen LogP contribution in [0.4, 0.5) is 5.69 Å². The summed E-state index contributed by atoms with van der Waals surface area (Å²) in [6.07, 6.45) is 0.296. The summed E-state index contributed by atoms with van der Waals surface area (Å²) in [5.74, 6) is -0.448. The van der Waals surface area contributed by atoms with Crippen LogP contribution in [0.2, 0.25) is 0 Å². The lowest BCUT2D eigenvalue weighted by Gasteiger charge is -2.17. The molecule has 92 valence electrons. The Morgan fingerprint density at radius 1 is 1.56 bits per heavy atom. The molecule has 0 radical (unpaired) electrons. The molecular formula is C13H13N3O2. The van der Waals surface area contributed by atoms with Crippen LogP contribution in [0, 0.1) is 11.3 Å². The van der Waals surface area contributed by atoms with Gasteiger partial charge in [-0.25, -0.2) is 9.80 Å². The van der Waals surface area contributed by atoms with Gasteiger partial charge < -0.3 is 4.74 Å². The third-order valence-corrected chi connectivity index (χ3v) is 2.59. The summed E-state index contributed by atoms with van der Waals surface area (Å²) in [5.41, 5.74) is 1.09. The third kappa shape index (κ3) is 2.33. The van der Waals surface area contributed by atoms with E-state index < -0.39 is 12.0 Å². The van der Waals surface area contributed by atoms with E-state index in [1.54, 1.807) is 11.9 Å². The summed E-state index contributed by atoms with van der Waals surface area (Å²) in [7, 11) is 0. The number of hydrogen-bond donors (Lipinski definition) is 0. The fourth-order valence-electron chi connectivity index (χ4n) is 1.77. The van der Waals surface area contributed by atoms with Gasteiger partial charge in [-0.15, -0.1) is 0 Å². The third-order valence-electron chi connectivity index (χ3n) is 2.59. The minimum Gasteiger partial charge on any atom is -0.461 e. The van der Waals surface area contributed by atoms with Crippen LogP contribution in [0.25, 0.3) is 0 Å². The summed E-state index contributed by atoms with van der Waals surface area (Å²) in [4.78, 5) is 11.6. The van der Waals surface area contributed by atoms with Crippen LogP contribution < -0.4 is 5.01 Å². The number of rotatable bonds is 3. The lowest BCUT2D eigenvalue weighted by atomic mass is 10.1. The van der Waals surface area contributed by atoms with Crippen LogP contribution in [0.5, 0.6) is 0 Å². The van der Waals surface area contributed by atoms with Crippen molar-refractivity contribution in [2.24, 2.45) is 5.10 Å². The molecule has 1 aliphatic heterocycles. The van der Waals surface area contributed by atoms with Crippen molar-refractivity contribution >= 4 is 17.4 Å². The number of nitrogens with zero attached hydrogens (tertiary/aromatic N) is 3. The van der Waals surface area contributed by atoms with Gasteiger partial charge in [-0.1, -0.05) is 18.2 Å². The minimum absolute atomic E-state index is 0.296. The molecule has 5 heteroatoms. The van der Waals surface area contributed by atoms with Gasteiger partial charge in [0.05, 0.1) is 18.4 Å². The monoisotopic (exact) mass is 243 g/mol. The number of hydrogen-bond acceptors (Lipinski definition) is 5. The molecule has 0 unspecified atom stereocenters. The second kappa shape index (κ2) is 5.32. The van der Waals surface area contributed by atoms with E-state index >= 15 is 0 Å². The van der Waals surface area contributed by atoms with Crippen molar-refractivity contribution in [1.82, 2.24) is 0 Å². The van der Waals surface area contributed by atoms with Crippen molar-refractivity contribution in [3.63, 3.8) is 0 Å². The maximum atomic E-state index is 11.6. The highest BCUT2D eigenvalue weighted by atomic mass is 16.5. The molecule has 18 heavy (non-hydrogen) atoms. The molecule has 0 spiro atoms. The predicted molar refractivity (Wildman–Crippen MR) is 67.0 cm³/mol. The molecule has 1 aromatic carbocycles. The van der Waals surface area contributed by atoms with Gasteiger partial charge >= 0.3 is 5.97 Å². The maximum absolute atomic E-state index is 11.6.